The molecule has 1 saturated heterocycles. The number of ether oxygens (including phenoxy) is 1. The van der Waals surface area contributed by atoms with Gasteiger partial charge < -0.3 is 15.4 Å². The van der Waals surface area contributed by atoms with Crippen molar-refractivity contribution in [3.05, 3.63) is 23.9 Å². The number of anilines is 1. The summed E-state index contributed by atoms with van der Waals surface area (Å²) < 4.78 is 6.05. The molecule has 1 fully saturated rings. The Labute approximate surface area is 131 Å². The molecule has 1 aliphatic rings. The van der Waals surface area contributed by atoms with E-state index in [4.69, 9.17) is 11.2 Å². The Balaban J connectivity index is 2.03. The van der Waals surface area contributed by atoms with Gasteiger partial charge in [0.1, 0.15) is 5.82 Å². The predicted molar refractivity (Wildman–Crippen MR) is 86.7 cm³/mol. The summed E-state index contributed by atoms with van der Waals surface area (Å²) in [7, 11) is 0. The summed E-state index contributed by atoms with van der Waals surface area (Å²) in [6.45, 7) is 8.52. The summed E-state index contributed by atoms with van der Waals surface area (Å²) in [6, 6.07) is 3.69. The van der Waals surface area contributed by atoms with Crippen molar-refractivity contribution in [3.8, 4) is 12.3 Å². The second-order valence-electron chi connectivity index (χ2n) is 6.69. The number of nitrogens with one attached hydrogen (secondary N) is 2. The topological polar surface area (TPSA) is 63.2 Å². The fourth-order valence-electron chi connectivity index (χ4n) is 2.81. The summed E-state index contributed by atoms with van der Waals surface area (Å²) in [4.78, 5) is 16.1. The van der Waals surface area contributed by atoms with E-state index in [9.17, 15) is 4.79 Å². The van der Waals surface area contributed by atoms with E-state index < -0.39 is 0 Å². The van der Waals surface area contributed by atoms with Gasteiger partial charge in [0.25, 0.3) is 5.91 Å². The van der Waals surface area contributed by atoms with Gasteiger partial charge in [-0.3, -0.25) is 4.79 Å². The molecule has 1 aromatic rings. The minimum atomic E-state index is -0.270. The number of amides is 1. The lowest BCUT2D eigenvalue weighted by Crippen LogP contribution is -2.38. The normalized spacial score (nSPS) is 21.9. The van der Waals surface area contributed by atoms with Crippen molar-refractivity contribution in [2.45, 2.75) is 51.4 Å². The lowest BCUT2D eigenvalue weighted by atomic mass is 9.94. The molecule has 1 aliphatic heterocycles. The van der Waals surface area contributed by atoms with Crippen LogP contribution in [0.3, 0.4) is 0 Å². The maximum Gasteiger partial charge on any atom is 0.253 e. The molecule has 2 rings (SSSR count). The SMILES string of the molecule is C#CCNC(=O)c1ccc(NC2CC(C)(C)OC2(C)C)nc1. The van der Waals surface area contributed by atoms with E-state index >= 15 is 0 Å². The molecule has 5 heteroatoms. The van der Waals surface area contributed by atoms with Crippen molar-refractivity contribution < 1.29 is 9.53 Å². The van der Waals surface area contributed by atoms with Crippen LogP contribution in [0.4, 0.5) is 5.82 Å². The molecule has 1 atom stereocenters. The maximum absolute atomic E-state index is 11.8. The van der Waals surface area contributed by atoms with Crippen molar-refractivity contribution in [1.82, 2.24) is 10.3 Å². The first-order chi connectivity index (χ1) is 10.2. The van der Waals surface area contributed by atoms with E-state index in [1.54, 1.807) is 18.3 Å². The van der Waals surface area contributed by atoms with E-state index in [2.05, 4.69) is 49.2 Å². The van der Waals surface area contributed by atoms with E-state index in [1.807, 2.05) is 0 Å². The van der Waals surface area contributed by atoms with Gasteiger partial charge in [0, 0.05) is 6.20 Å². The first kappa shape index (κ1) is 16.3. The molecule has 2 heterocycles. The van der Waals surface area contributed by atoms with Crippen LogP contribution in [0.15, 0.2) is 18.3 Å². The second-order valence-corrected chi connectivity index (χ2v) is 6.69. The molecule has 0 radical (unpaired) electrons. The first-order valence-electron chi connectivity index (χ1n) is 7.38. The van der Waals surface area contributed by atoms with Crippen LogP contribution in [-0.4, -0.2) is 34.7 Å². The number of hydrogen-bond acceptors (Lipinski definition) is 4. The number of carbonyl (C=O) groups is 1. The number of hydrogen-bond donors (Lipinski definition) is 2. The zero-order valence-corrected chi connectivity index (χ0v) is 13.6. The Kier molecular flexibility index (Phi) is 4.43. The molecule has 5 nitrogen and oxygen atoms in total. The molecule has 0 aliphatic carbocycles. The lowest BCUT2D eigenvalue weighted by Gasteiger charge is -2.28. The summed E-state index contributed by atoms with van der Waals surface area (Å²) >= 11 is 0. The first-order valence-corrected chi connectivity index (χ1v) is 7.38. The number of carbonyl (C=O) groups excluding carboxylic acids is 1. The van der Waals surface area contributed by atoms with Crippen LogP contribution < -0.4 is 10.6 Å². The van der Waals surface area contributed by atoms with Gasteiger partial charge in [-0.25, -0.2) is 4.98 Å². The van der Waals surface area contributed by atoms with Gasteiger partial charge in [0.2, 0.25) is 0 Å². The average Bonchev–Trinajstić information content (AvgIpc) is 2.64. The Morgan fingerprint density at radius 3 is 2.68 bits per heavy atom. The largest absolute Gasteiger partial charge is 0.367 e. The van der Waals surface area contributed by atoms with Gasteiger partial charge in [-0.2, -0.15) is 0 Å². The van der Waals surface area contributed by atoms with Crippen molar-refractivity contribution in [2.24, 2.45) is 0 Å². The molecular weight excluding hydrogens is 278 g/mol. The van der Waals surface area contributed by atoms with E-state index in [0.29, 0.717) is 5.56 Å². The highest BCUT2D eigenvalue weighted by Crippen LogP contribution is 2.38. The van der Waals surface area contributed by atoms with Gasteiger partial charge in [0.05, 0.1) is 29.4 Å². The van der Waals surface area contributed by atoms with E-state index in [1.165, 1.54) is 0 Å². The molecular formula is C17H23N3O2. The predicted octanol–water partition coefficient (Wildman–Crippen LogP) is 2.20. The van der Waals surface area contributed by atoms with Gasteiger partial charge >= 0.3 is 0 Å². The van der Waals surface area contributed by atoms with Crippen molar-refractivity contribution in [3.63, 3.8) is 0 Å². The zero-order chi connectivity index (χ0) is 16.4. The lowest BCUT2D eigenvalue weighted by molar-refractivity contribution is -0.0662. The molecule has 0 aromatic carbocycles. The molecule has 1 aromatic heterocycles. The quantitative estimate of drug-likeness (QED) is 0.837. The van der Waals surface area contributed by atoms with Crippen LogP contribution in [0.2, 0.25) is 0 Å². The smallest absolute Gasteiger partial charge is 0.253 e. The third-order valence-corrected chi connectivity index (χ3v) is 3.77. The maximum atomic E-state index is 11.8. The van der Waals surface area contributed by atoms with Crippen molar-refractivity contribution in [1.29, 1.82) is 0 Å². The Hall–Kier alpha value is -2.06. The standard InChI is InChI=1S/C17H23N3O2/c1-6-9-18-15(21)12-7-8-14(19-11-12)20-13-10-16(2,3)22-17(13,4)5/h1,7-8,11,13H,9-10H2,2-5H3,(H,18,21)(H,19,20). The fourth-order valence-corrected chi connectivity index (χ4v) is 2.81. The molecule has 22 heavy (non-hydrogen) atoms. The molecule has 0 saturated carbocycles. The Morgan fingerprint density at radius 1 is 1.45 bits per heavy atom. The minimum absolute atomic E-state index is 0.157. The van der Waals surface area contributed by atoms with E-state index in [0.717, 1.165) is 12.2 Å². The molecule has 0 bridgehead atoms. The number of terminal acetylenes is 1. The minimum Gasteiger partial charge on any atom is -0.367 e. The third-order valence-electron chi connectivity index (χ3n) is 3.77. The van der Waals surface area contributed by atoms with Gasteiger partial charge in [-0.05, 0) is 46.2 Å². The van der Waals surface area contributed by atoms with Crippen molar-refractivity contribution >= 4 is 11.7 Å². The van der Waals surface area contributed by atoms with Crippen LogP contribution in [0.5, 0.6) is 0 Å². The van der Waals surface area contributed by atoms with Crippen LogP contribution >= 0.6 is 0 Å². The van der Waals surface area contributed by atoms with Crippen LogP contribution in [0.1, 0.15) is 44.5 Å². The number of pyridine rings is 1. The monoisotopic (exact) mass is 301 g/mol. The molecule has 1 amide bonds. The van der Waals surface area contributed by atoms with Crippen LogP contribution in [0, 0.1) is 12.3 Å². The second kappa shape index (κ2) is 5.98. The molecule has 1 unspecified atom stereocenters. The number of aromatic nitrogens is 1. The summed E-state index contributed by atoms with van der Waals surface area (Å²) in [5, 5.41) is 6.01. The van der Waals surface area contributed by atoms with Crippen LogP contribution in [-0.2, 0) is 4.74 Å². The molecule has 2 N–H and O–H groups in total. The average molecular weight is 301 g/mol. The highest BCUT2D eigenvalue weighted by Gasteiger charge is 2.45. The summed E-state index contributed by atoms with van der Waals surface area (Å²) in [5.74, 6) is 2.88. The number of nitrogens with zero attached hydrogens (tertiary/aromatic N) is 1. The molecule has 0 spiro atoms. The highest BCUT2D eigenvalue weighted by molar-refractivity contribution is 5.94. The third kappa shape index (κ3) is 3.77. The van der Waals surface area contributed by atoms with Gasteiger partial charge in [-0.15, -0.1) is 6.42 Å². The van der Waals surface area contributed by atoms with Crippen molar-refractivity contribution in [2.75, 3.05) is 11.9 Å². The van der Waals surface area contributed by atoms with Gasteiger partial charge in [-0.1, -0.05) is 5.92 Å². The summed E-state index contributed by atoms with van der Waals surface area (Å²) in [5.41, 5.74) is 0.0626. The number of rotatable bonds is 4. The Bertz CT molecular complexity index is 585. The van der Waals surface area contributed by atoms with Crippen LogP contribution in [0.25, 0.3) is 0 Å². The fraction of sp³-hybridized carbons (Fsp3) is 0.529. The Morgan fingerprint density at radius 2 is 2.18 bits per heavy atom. The zero-order valence-electron chi connectivity index (χ0n) is 13.6. The highest BCUT2D eigenvalue weighted by atomic mass is 16.5. The van der Waals surface area contributed by atoms with Gasteiger partial charge in [0.15, 0.2) is 0 Å². The van der Waals surface area contributed by atoms with E-state index in [-0.39, 0.29) is 29.7 Å². The molecule has 118 valence electrons. The summed E-state index contributed by atoms with van der Waals surface area (Å²) in [6.07, 6.45) is 7.55.